The Kier molecular flexibility index (Phi) is 6.63. The standard InChI is InChI=1S/C18H26N6O2S2/c1-12(2)19-15(25)11-22-6-8-23(9-7-22)17(26)13(3)24-16(20-21-18(24)27)14-5-4-10-28-14/h4-5,10,12-13H,6-9,11H2,1-3H3,(H,19,25)(H,21,27). The fourth-order valence-electron chi connectivity index (χ4n) is 3.32. The molecule has 152 valence electrons. The van der Waals surface area contributed by atoms with Crippen molar-refractivity contribution in [2.24, 2.45) is 0 Å². The van der Waals surface area contributed by atoms with Crippen molar-refractivity contribution in [1.29, 1.82) is 0 Å². The zero-order chi connectivity index (χ0) is 20.3. The molecule has 2 amide bonds. The van der Waals surface area contributed by atoms with Gasteiger partial charge in [-0.3, -0.25) is 24.2 Å². The lowest BCUT2D eigenvalue weighted by Crippen LogP contribution is -2.52. The van der Waals surface area contributed by atoms with Crippen LogP contribution in [0.5, 0.6) is 0 Å². The summed E-state index contributed by atoms with van der Waals surface area (Å²) < 4.78 is 2.22. The molecular formula is C18H26N6O2S2. The van der Waals surface area contributed by atoms with Crippen molar-refractivity contribution in [1.82, 2.24) is 29.9 Å². The average Bonchev–Trinajstić information content (AvgIpc) is 3.30. The van der Waals surface area contributed by atoms with Crippen LogP contribution in [0.4, 0.5) is 0 Å². The molecule has 0 bridgehead atoms. The van der Waals surface area contributed by atoms with Gasteiger partial charge in [-0.1, -0.05) is 6.07 Å². The molecule has 1 fully saturated rings. The largest absolute Gasteiger partial charge is 0.353 e. The number of hydrogen-bond acceptors (Lipinski definition) is 6. The summed E-state index contributed by atoms with van der Waals surface area (Å²) in [5.74, 6) is 0.722. The van der Waals surface area contributed by atoms with Crippen LogP contribution in [-0.4, -0.2) is 75.1 Å². The van der Waals surface area contributed by atoms with Crippen LogP contribution in [0.15, 0.2) is 17.5 Å². The van der Waals surface area contributed by atoms with Crippen molar-refractivity contribution < 1.29 is 9.59 Å². The van der Waals surface area contributed by atoms with Gasteiger partial charge < -0.3 is 10.2 Å². The molecule has 1 saturated heterocycles. The third-order valence-corrected chi connectivity index (χ3v) is 5.85. The molecular weight excluding hydrogens is 396 g/mol. The minimum Gasteiger partial charge on any atom is -0.353 e. The van der Waals surface area contributed by atoms with E-state index in [1.165, 1.54) is 0 Å². The van der Waals surface area contributed by atoms with Crippen molar-refractivity contribution in [3.8, 4) is 10.7 Å². The Morgan fingerprint density at radius 3 is 2.61 bits per heavy atom. The first-order valence-electron chi connectivity index (χ1n) is 9.38. The van der Waals surface area contributed by atoms with Gasteiger partial charge >= 0.3 is 0 Å². The first kappa shape index (κ1) is 20.7. The normalized spacial score (nSPS) is 16.4. The van der Waals surface area contributed by atoms with E-state index in [0.717, 1.165) is 4.88 Å². The number of carbonyl (C=O) groups excluding carboxylic acids is 2. The number of nitrogens with zero attached hydrogens (tertiary/aromatic N) is 4. The molecule has 2 N–H and O–H groups in total. The van der Waals surface area contributed by atoms with E-state index in [-0.39, 0.29) is 17.9 Å². The van der Waals surface area contributed by atoms with E-state index in [0.29, 0.717) is 43.3 Å². The van der Waals surface area contributed by atoms with Crippen molar-refractivity contribution in [2.75, 3.05) is 32.7 Å². The summed E-state index contributed by atoms with van der Waals surface area (Å²) in [7, 11) is 0. The van der Waals surface area contributed by atoms with Gasteiger partial charge in [0.05, 0.1) is 11.4 Å². The molecule has 0 spiro atoms. The van der Waals surface area contributed by atoms with Crippen LogP contribution in [0.2, 0.25) is 0 Å². The van der Waals surface area contributed by atoms with Crippen LogP contribution >= 0.6 is 23.6 Å². The SMILES string of the molecule is CC(C)NC(=O)CN1CCN(C(=O)C(C)n2c(-c3cccs3)n[nH]c2=S)CC1. The van der Waals surface area contributed by atoms with Gasteiger partial charge in [0.1, 0.15) is 6.04 Å². The predicted molar refractivity (Wildman–Crippen MR) is 112 cm³/mol. The second-order valence-corrected chi connectivity index (χ2v) is 8.53. The van der Waals surface area contributed by atoms with E-state index in [9.17, 15) is 9.59 Å². The van der Waals surface area contributed by atoms with E-state index >= 15 is 0 Å². The van der Waals surface area contributed by atoms with E-state index < -0.39 is 6.04 Å². The van der Waals surface area contributed by atoms with Crippen LogP contribution in [0, 0.1) is 4.77 Å². The van der Waals surface area contributed by atoms with Crippen LogP contribution in [-0.2, 0) is 9.59 Å². The zero-order valence-corrected chi connectivity index (χ0v) is 18.0. The minimum absolute atomic E-state index is 0.0154. The first-order chi connectivity index (χ1) is 13.4. The number of piperazine rings is 1. The topological polar surface area (TPSA) is 86.3 Å². The highest BCUT2D eigenvalue weighted by Crippen LogP contribution is 2.26. The number of carbonyl (C=O) groups is 2. The van der Waals surface area contributed by atoms with Gasteiger partial charge in [-0.05, 0) is 44.4 Å². The number of rotatable bonds is 6. The first-order valence-corrected chi connectivity index (χ1v) is 10.7. The molecule has 8 nitrogen and oxygen atoms in total. The van der Waals surface area contributed by atoms with Gasteiger partial charge in [-0.2, -0.15) is 5.10 Å². The van der Waals surface area contributed by atoms with E-state index in [4.69, 9.17) is 12.2 Å². The van der Waals surface area contributed by atoms with E-state index in [1.807, 2.05) is 43.2 Å². The fourth-order valence-corrected chi connectivity index (χ4v) is 4.32. The molecule has 10 heteroatoms. The summed E-state index contributed by atoms with van der Waals surface area (Å²) in [4.78, 5) is 29.9. The Labute approximate surface area is 173 Å². The fraction of sp³-hybridized carbons (Fsp3) is 0.556. The molecule has 28 heavy (non-hydrogen) atoms. The van der Waals surface area contributed by atoms with Crippen molar-refractivity contribution in [3.63, 3.8) is 0 Å². The summed E-state index contributed by atoms with van der Waals surface area (Å²) in [6.45, 7) is 8.66. The molecule has 3 rings (SSSR count). The van der Waals surface area contributed by atoms with Gasteiger partial charge in [-0.15, -0.1) is 11.3 Å². The smallest absolute Gasteiger partial charge is 0.245 e. The maximum atomic E-state index is 13.1. The van der Waals surface area contributed by atoms with Crippen molar-refractivity contribution >= 4 is 35.4 Å². The lowest BCUT2D eigenvalue weighted by atomic mass is 10.2. The number of H-pyrrole nitrogens is 1. The second-order valence-electron chi connectivity index (χ2n) is 7.20. The summed E-state index contributed by atoms with van der Waals surface area (Å²) in [6.07, 6.45) is 0. The molecule has 0 aromatic carbocycles. The highest BCUT2D eigenvalue weighted by atomic mass is 32.1. The molecule has 2 aromatic heterocycles. The van der Waals surface area contributed by atoms with Crippen LogP contribution in [0.1, 0.15) is 26.8 Å². The second kappa shape index (κ2) is 8.97. The van der Waals surface area contributed by atoms with Gasteiger partial charge in [0.2, 0.25) is 11.8 Å². The molecule has 0 radical (unpaired) electrons. The third-order valence-electron chi connectivity index (χ3n) is 4.69. The minimum atomic E-state index is -0.445. The average molecular weight is 423 g/mol. The molecule has 1 aliphatic rings. The summed E-state index contributed by atoms with van der Waals surface area (Å²) in [6, 6.07) is 3.60. The molecule has 2 aromatic rings. The number of thiophene rings is 1. The lowest BCUT2D eigenvalue weighted by Gasteiger charge is -2.35. The Balaban J connectivity index is 1.62. The zero-order valence-electron chi connectivity index (χ0n) is 16.3. The number of hydrogen-bond donors (Lipinski definition) is 2. The van der Waals surface area contributed by atoms with Gasteiger partial charge in [-0.25, -0.2) is 0 Å². The molecule has 1 atom stereocenters. The van der Waals surface area contributed by atoms with E-state index in [1.54, 1.807) is 15.9 Å². The highest BCUT2D eigenvalue weighted by Gasteiger charge is 2.28. The third kappa shape index (κ3) is 4.68. The number of aromatic amines is 1. The number of aromatic nitrogens is 3. The molecule has 3 heterocycles. The van der Waals surface area contributed by atoms with Gasteiger partial charge in [0.25, 0.3) is 0 Å². The Morgan fingerprint density at radius 1 is 1.29 bits per heavy atom. The highest BCUT2D eigenvalue weighted by molar-refractivity contribution is 7.71. The predicted octanol–water partition coefficient (Wildman–Crippen LogP) is 1.90. The maximum absolute atomic E-state index is 13.1. The monoisotopic (exact) mass is 422 g/mol. The lowest BCUT2D eigenvalue weighted by molar-refractivity contribution is -0.136. The maximum Gasteiger partial charge on any atom is 0.245 e. The van der Waals surface area contributed by atoms with Crippen LogP contribution < -0.4 is 5.32 Å². The Morgan fingerprint density at radius 2 is 2.00 bits per heavy atom. The Hall–Kier alpha value is -2.04. The van der Waals surface area contributed by atoms with Gasteiger partial charge in [0.15, 0.2) is 10.6 Å². The number of nitrogens with one attached hydrogen (secondary N) is 2. The summed E-state index contributed by atoms with van der Waals surface area (Å²) in [5.41, 5.74) is 0. The van der Waals surface area contributed by atoms with Crippen molar-refractivity contribution in [2.45, 2.75) is 32.9 Å². The molecule has 0 saturated carbocycles. The molecule has 0 aliphatic carbocycles. The Bertz CT molecular complexity index is 865. The van der Waals surface area contributed by atoms with Crippen LogP contribution in [0.3, 0.4) is 0 Å². The molecule has 1 aliphatic heterocycles. The van der Waals surface area contributed by atoms with Gasteiger partial charge in [0, 0.05) is 32.2 Å². The number of amides is 2. The molecule has 1 unspecified atom stereocenters. The quantitative estimate of drug-likeness (QED) is 0.695. The van der Waals surface area contributed by atoms with Crippen LogP contribution in [0.25, 0.3) is 10.7 Å². The summed E-state index contributed by atoms with van der Waals surface area (Å²) in [5, 5.41) is 12.0. The summed E-state index contributed by atoms with van der Waals surface area (Å²) >= 11 is 6.93. The van der Waals surface area contributed by atoms with Crippen molar-refractivity contribution in [3.05, 3.63) is 22.3 Å². The van der Waals surface area contributed by atoms with E-state index in [2.05, 4.69) is 20.4 Å².